The molecule has 0 aliphatic rings. The zero-order chi connectivity index (χ0) is 13.4. The molecule has 0 saturated carbocycles. The van der Waals surface area contributed by atoms with Crippen LogP contribution >= 0.6 is 15.9 Å². The highest BCUT2D eigenvalue weighted by Gasteiger charge is 2.18. The summed E-state index contributed by atoms with van der Waals surface area (Å²) in [6.45, 7) is 7.04. The average Bonchev–Trinajstić information content (AvgIpc) is 2.75. The molecule has 1 heterocycles. The van der Waals surface area contributed by atoms with E-state index in [0.29, 0.717) is 6.04 Å². The molecular weight excluding hydrogens is 294 g/mol. The smallest absolute Gasteiger partial charge is 0.0695 e. The van der Waals surface area contributed by atoms with Crippen molar-refractivity contribution in [3.8, 4) is 0 Å². The maximum Gasteiger partial charge on any atom is 0.0695 e. The zero-order valence-electron chi connectivity index (χ0n) is 11.6. The topological polar surface area (TPSA) is 39.1 Å². The number of rotatable bonds is 9. The lowest BCUT2D eigenvalue weighted by atomic mass is 10.1. The van der Waals surface area contributed by atoms with Crippen LogP contribution in [0.3, 0.4) is 0 Å². The number of hydrogen-bond acceptors (Lipinski definition) is 3. The monoisotopic (exact) mass is 317 g/mol. The van der Waals surface area contributed by atoms with Gasteiger partial charge in [0, 0.05) is 20.3 Å². The molecular formula is C13H24BrN3O. The molecule has 4 nitrogen and oxygen atoms in total. The molecule has 1 atom stereocenters. The molecule has 104 valence electrons. The molecule has 1 unspecified atom stereocenters. The van der Waals surface area contributed by atoms with Crippen LogP contribution in [0.15, 0.2) is 10.7 Å². The van der Waals surface area contributed by atoms with E-state index >= 15 is 0 Å². The van der Waals surface area contributed by atoms with Crippen LogP contribution in [-0.4, -0.2) is 30.0 Å². The van der Waals surface area contributed by atoms with Crippen LogP contribution in [0.2, 0.25) is 0 Å². The fourth-order valence-electron chi connectivity index (χ4n) is 2.06. The third-order valence-electron chi connectivity index (χ3n) is 2.94. The van der Waals surface area contributed by atoms with Crippen LogP contribution in [0.5, 0.6) is 0 Å². The summed E-state index contributed by atoms with van der Waals surface area (Å²) in [4.78, 5) is 0. The van der Waals surface area contributed by atoms with E-state index in [9.17, 15) is 0 Å². The Hall–Kier alpha value is -0.390. The second kappa shape index (κ2) is 8.67. The van der Waals surface area contributed by atoms with Gasteiger partial charge in [0.2, 0.25) is 0 Å². The largest absolute Gasteiger partial charge is 0.385 e. The number of ether oxygens (including phenoxy) is 1. The van der Waals surface area contributed by atoms with E-state index in [0.717, 1.165) is 43.4 Å². The number of halogens is 1. The van der Waals surface area contributed by atoms with E-state index in [1.165, 1.54) is 5.69 Å². The van der Waals surface area contributed by atoms with Crippen LogP contribution in [-0.2, 0) is 11.3 Å². The minimum absolute atomic E-state index is 0.344. The quantitative estimate of drug-likeness (QED) is 0.711. The van der Waals surface area contributed by atoms with Gasteiger partial charge < -0.3 is 10.1 Å². The van der Waals surface area contributed by atoms with E-state index < -0.39 is 0 Å². The lowest BCUT2D eigenvalue weighted by Gasteiger charge is -2.20. The van der Waals surface area contributed by atoms with Crippen molar-refractivity contribution in [2.24, 2.45) is 0 Å². The molecule has 1 N–H and O–H groups in total. The minimum Gasteiger partial charge on any atom is -0.385 e. The van der Waals surface area contributed by atoms with E-state index in [1.807, 2.05) is 6.20 Å². The van der Waals surface area contributed by atoms with Gasteiger partial charge in [-0.1, -0.05) is 6.92 Å². The first kappa shape index (κ1) is 15.7. The van der Waals surface area contributed by atoms with Crippen molar-refractivity contribution in [1.29, 1.82) is 0 Å². The number of aromatic nitrogens is 2. The first-order valence-electron chi connectivity index (χ1n) is 6.68. The van der Waals surface area contributed by atoms with Gasteiger partial charge in [0.25, 0.3) is 0 Å². The van der Waals surface area contributed by atoms with Crippen LogP contribution in [0.1, 0.15) is 44.8 Å². The summed E-state index contributed by atoms with van der Waals surface area (Å²) in [7, 11) is 1.75. The summed E-state index contributed by atoms with van der Waals surface area (Å²) in [5, 5.41) is 7.99. The predicted molar refractivity (Wildman–Crippen MR) is 77.7 cm³/mol. The number of aryl methyl sites for hydroxylation is 1. The Kier molecular flexibility index (Phi) is 7.54. The Morgan fingerprint density at radius 2 is 2.28 bits per heavy atom. The van der Waals surface area contributed by atoms with E-state index in [2.05, 4.69) is 44.9 Å². The summed E-state index contributed by atoms with van der Waals surface area (Å²) in [6, 6.07) is 0.344. The molecule has 5 heteroatoms. The maximum atomic E-state index is 5.14. The molecule has 1 rings (SSSR count). The summed E-state index contributed by atoms with van der Waals surface area (Å²) >= 11 is 3.60. The van der Waals surface area contributed by atoms with Crippen LogP contribution < -0.4 is 5.32 Å². The highest BCUT2D eigenvalue weighted by molar-refractivity contribution is 9.10. The van der Waals surface area contributed by atoms with Gasteiger partial charge in [0.15, 0.2) is 0 Å². The van der Waals surface area contributed by atoms with E-state index in [4.69, 9.17) is 4.74 Å². The SMILES string of the molecule is CCCNC(CCCOC)c1c(Br)cnn1CC. The van der Waals surface area contributed by atoms with Gasteiger partial charge in [0.1, 0.15) is 0 Å². The van der Waals surface area contributed by atoms with Crippen LogP contribution in [0.4, 0.5) is 0 Å². The van der Waals surface area contributed by atoms with Crippen molar-refractivity contribution >= 4 is 15.9 Å². The molecule has 0 radical (unpaired) electrons. The standard InChI is InChI=1S/C13H24BrN3O/c1-4-8-15-12(7-6-9-18-3)13-11(14)10-16-17(13)5-2/h10,12,15H,4-9H2,1-3H3. The summed E-state index contributed by atoms with van der Waals surface area (Å²) in [5.74, 6) is 0. The maximum absolute atomic E-state index is 5.14. The Balaban J connectivity index is 2.75. The van der Waals surface area contributed by atoms with Gasteiger partial charge in [-0.3, -0.25) is 4.68 Å². The highest BCUT2D eigenvalue weighted by atomic mass is 79.9. The molecule has 18 heavy (non-hydrogen) atoms. The van der Waals surface area contributed by atoms with E-state index in [1.54, 1.807) is 7.11 Å². The lowest BCUT2D eigenvalue weighted by Crippen LogP contribution is -2.25. The van der Waals surface area contributed by atoms with Crippen molar-refractivity contribution in [1.82, 2.24) is 15.1 Å². The van der Waals surface area contributed by atoms with Gasteiger partial charge in [0.05, 0.1) is 22.4 Å². The van der Waals surface area contributed by atoms with Crippen molar-refractivity contribution in [2.75, 3.05) is 20.3 Å². The number of methoxy groups -OCH3 is 1. The summed E-state index contributed by atoms with van der Waals surface area (Å²) in [6.07, 6.45) is 5.14. The Morgan fingerprint density at radius 3 is 2.89 bits per heavy atom. The van der Waals surface area contributed by atoms with Crippen LogP contribution in [0, 0.1) is 0 Å². The van der Waals surface area contributed by atoms with Gasteiger partial charge in [-0.15, -0.1) is 0 Å². The molecule has 0 spiro atoms. The highest BCUT2D eigenvalue weighted by Crippen LogP contribution is 2.26. The van der Waals surface area contributed by atoms with Crippen molar-refractivity contribution in [3.63, 3.8) is 0 Å². The predicted octanol–water partition coefficient (Wildman–Crippen LogP) is 3.13. The van der Waals surface area contributed by atoms with Crippen molar-refractivity contribution in [3.05, 3.63) is 16.4 Å². The normalized spacial score (nSPS) is 12.9. The molecule has 0 aliphatic carbocycles. The van der Waals surface area contributed by atoms with Gasteiger partial charge in [-0.2, -0.15) is 5.10 Å². The molecule has 1 aromatic rings. The van der Waals surface area contributed by atoms with Crippen molar-refractivity contribution in [2.45, 2.75) is 45.7 Å². The minimum atomic E-state index is 0.344. The number of hydrogen-bond donors (Lipinski definition) is 1. The molecule has 0 amide bonds. The molecule has 0 bridgehead atoms. The second-order valence-electron chi connectivity index (χ2n) is 4.34. The number of nitrogens with zero attached hydrogens (tertiary/aromatic N) is 2. The molecule has 1 aromatic heterocycles. The molecule has 0 fully saturated rings. The van der Waals surface area contributed by atoms with Gasteiger partial charge in [-0.05, 0) is 48.7 Å². The Labute approximate surface area is 118 Å². The summed E-state index contributed by atoms with van der Waals surface area (Å²) < 4.78 is 8.29. The van der Waals surface area contributed by atoms with Gasteiger partial charge in [-0.25, -0.2) is 0 Å². The van der Waals surface area contributed by atoms with E-state index in [-0.39, 0.29) is 0 Å². The Bertz CT molecular complexity index is 341. The first-order chi connectivity index (χ1) is 8.74. The lowest BCUT2D eigenvalue weighted by molar-refractivity contribution is 0.188. The third kappa shape index (κ3) is 4.37. The second-order valence-corrected chi connectivity index (χ2v) is 5.19. The molecule has 0 aliphatic heterocycles. The number of nitrogens with one attached hydrogen (secondary N) is 1. The fourth-order valence-corrected chi connectivity index (χ4v) is 2.63. The average molecular weight is 318 g/mol. The van der Waals surface area contributed by atoms with Crippen LogP contribution in [0.25, 0.3) is 0 Å². The third-order valence-corrected chi connectivity index (χ3v) is 3.56. The molecule has 0 aromatic carbocycles. The first-order valence-corrected chi connectivity index (χ1v) is 7.47. The van der Waals surface area contributed by atoms with Crippen molar-refractivity contribution < 1.29 is 4.74 Å². The zero-order valence-corrected chi connectivity index (χ0v) is 13.2. The van der Waals surface area contributed by atoms with Gasteiger partial charge >= 0.3 is 0 Å². The fraction of sp³-hybridized carbons (Fsp3) is 0.769. The summed E-state index contributed by atoms with van der Waals surface area (Å²) in [5.41, 5.74) is 1.25. The Morgan fingerprint density at radius 1 is 1.50 bits per heavy atom. The molecule has 0 saturated heterocycles.